The maximum Gasteiger partial charge on any atom is 0.221 e. The standard InChI is InChI=1S/C20H26O2.CH4N2O/c1-6-22-17-9-14(4)19(15(5)10-17)12-16-7-8-20(21)18(11-16)13(2)3;2-3-1-4/h7-11,13,21H,6,12H2,1-5H3;1H,2H2,(H,3,4). The van der Waals surface area contributed by atoms with Crippen molar-refractivity contribution in [3.8, 4) is 11.5 Å². The van der Waals surface area contributed by atoms with E-state index in [1.54, 1.807) is 5.43 Å². The van der Waals surface area contributed by atoms with Gasteiger partial charge in [-0.1, -0.05) is 26.0 Å². The number of aryl methyl sites for hydroxylation is 2. The molecule has 2 aromatic rings. The Balaban J connectivity index is 0.000000765. The summed E-state index contributed by atoms with van der Waals surface area (Å²) < 4.78 is 5.61. The van der Waals surface area contributed by atoms with Crippen molar-refractivity contribution in [2.75, 3.05) is 6.61 Å². The van der Waals surface area contributed by atoms with Gasteiger partial charge in [0, 0.05) is 0 Å². The average molecular weight is 358 g/mol. The van der Waals surface area contributed by atoms with E-state index in [9.17, 15) is 5.11 Å². The number of hydrazine groups is 1. The van der Waals surface area contributed by atoms with Gasteiger partial charge in [-0.2, -0.15) is 0 Å². The van der Waals surface area contributed by atoms with Crippen molar-refractivity contribution in [2.24, 2.45) is 5.84 Å². The lowest BCUT2D eigenvalue weighted by Gasteiger charge is -2.15. The molecule has 0 aliphatic carbocycles. The maximum atomic E-state index is 9.96. The molecule has 5 heteroatoms. The molecule has 2 rings (SSSR count). The summed E-state index contributed by atoms with van der Waals surface area (Å²) in [6.45, 7) is 11.2. The van der Waals surface area contributed by atoms with Gasteiger partial charge in [-0.25, -0.2) is 5.84 Å². The van der Waals surface area contributed by atoms with Crippen LogP contribution in [-0.4, -0.2) is 18.1 Å². The van der Waals surface area contributed by atoms with Gasteiger partial charge in [0.2, 0.25) is 6.41 Å². The quantitative estimate of drug-likeness (QED) is 0.318. The fraction of sp³-hybridized carbons (Fsp3) is 0.381. The second kappa shape index (κ2) is 10.5. The molecule has 1 amide bonds. The number of ether oxygens (including phenoxy) is 1. The van der Waals surface area contributed by atoms with E-state index in [4.69, 9.17) is 9.53 Å². The minimum Gasteiger partial charge on any atom is -0.508 e. The molecule has 0 unspecified atom stereocenters. The molecular formula is C21H30N2O3. The molecule has 5 nitrogen and oxygen atoms in total. The topological polar surface area (TPSA) is 84.6 Å². The molecule has 0 radical (unpaired) electrons. The van der Waals surface area contributed by atoms with Crippen molar-refractivity contribution >= 4 is 6.41 Å². The number of carbonyl (C=O) groups is 1. The molecule has 0 saturated heterocycles. The summed E-state index contributed by atoms with van der Waals surface area (Å²) in [6, 6.07) is 10.2. The van der Waals surface area contributed by atoms with E-state index in [0.717, 1.165) is 17.7 Å². The Bertz CT molecular complexity index is 704. The number of amides is 1. The Morgan fingerprint density at radius 3 is 2.23 bits per heavy atom. The summed E-state index contributed by atoms with van der Waals surface area (Å²) in [7, 11) is 0. The van der Waals surface area contributed by atoms with Gasteiger partial charge in [0.15, 0.2) is 0 Å². The summed E-state index contributed by atoms with van der Waals surface area (Å²) in [6.07, 6.45) is 1.28. The molecule has 2 aromatic carbocycles. The molecule has 26 heavy (non-hydrogen) atoms. The van der Waals surface area contributed by atoms with Gasteiger partial charge in [-0.3, -0.25) is 10.2 Å². The van der Waals surface area contributed by atoms with Crippen molar-refractivity contribution in [1.29, 1.82) is 0 Å². The van der Waals surface area contributed by atoms with E-state index in [0.29, 0.717) is 24.7 Å². The molecule has 0 fully saturated rings. The van der Waals surface area contributed by atoms with Gasteiger partial charge >= 0.3 is 0 Å². The molecule has 4 N–H and O–H groups in total. The predicted molar refractivity (Wildman–Crippen MR) is 105 cm³/mol. The summed E-state index contributed by atoms with van der Waals surface area (Å²) in [5.41, 5.74) is 7.84. The molecule has 0 heterocycles. The second-order valence-electron chi connectivity index (χ2n) is 6.48. The molecule has 0 atom stereocenters. The summed E-state index contributed by atoms with van der Waals surface area (Å²) >= 11 is 0. The molecule has 0 bridgehead atoms. The van der Waals surface area contributed by atoms with Crippen LogP contribution in [-0.2, 0) is 11.2 Å². The fourth-order valence-electron chi connectivity index (χ4n) is 2.86. The van der Waals surface area contributed by atoms with Crippen molar-refractivity contribution in [2.45, 2.75) is 47.0 Å². The summed E-state index contributed by atoms with van der Waals surface area (Å²) in [5, 5.41) is 9.96. The molecule has 0 saturated carbocycles. The number of phenols is 1. The SMILES string of the molecule is CCOc1cc(C)c(Cc2ccc(O)c(C(C)C)c2)c(C)c1.NNC=O. The first-order valence-corrected chi connectivity index (χ1v) is 8.78. The third-order valence-corrected chi connectivity index (χ3v) is 4.14. The van der Waals surface area contributed by atoms with E-state index < -0.39 is 0 Å². The second-order valence-corrected chi connectivity index (χ2v) is 6.48. The van der Waals surface area contributed by atoms with Crippen molar-refractivity contribution in [3.63, 3.8) is 0 Å². The molecule has 0 aliphatic heterocycles. The van der Waals surface area contributed by atoms with Crippen LogP contribution in [0.3, 0.4) is 0 Å². The third-order valence-electron chi connectivity index (χ3n) is 4.14. The van der Waals surface area contributed by atoms with Crippen LogP contribution in [0, 0.1) is 13.8 Å². The van der Waals surface area contributed by atoms with Crippen LogP contribution in [0.1, 0.15) is 54.5 Å². The first-order valence-electron chi connectivity index (χ1n) is 8.78. The predicted octanol–water partition coefficient (Wildman–Crippen LogP) is 3.73. The zero-order valence-electron chi connectivity index (χ0n) is 16.3. The Morgan fingerprint density at radius 2 is 1.77 bits per heavy atom. The molecule has 142 valence electrons. The van der Waals surface area contributed by atoms with E-state index >= 15 is 0 Å². The minimum absolute atomic E-state index is 0.322. The molecule has 0 aromatic heterocycles. The number of hydrogen-bond acceptors (Lipinski definition) is 4. The van der Waals surface area contributed by atoms with Gasteiger partial charge < -0.3 is 9.84 Å². The van der Waals surface area contributed by atoms with Gasteiger partial charge in [0.1, 0.15) is 11.5 Å². The van der Waals surface area contributed by atoms with Crippen molar-refractivity contribution in [3.05, 3.63) is 58.1 Å². The number of phenolic OH excluding ortho intramolecular Hbond substituents is 1. The third kappa shape index (κ3) is 6.08. The lowest BCUT2D eigenvalue weighted by Crippen LogP contribution is -2.18. The largest absolute Gasteiger partial charge is 0.508 e. The van der Waals surface area contributed by atoms with Crippen molar-refractivity contribution < 1.29 is 14.6 Å². The van der Waals surface area contributed by atoms with Gasteiger partial charge in [-0.15, -0.1) is 0 Å². The van der Waals surface area contributed by atoms with Gasteiger partial charge in [-0.05, 0) is 79.1 Å². The average Bonchev–Trinajstić information content (AvgIpc) is 2.59. The van der Waals surface area contributed by atoms with E-state index in [2.05, 4.69) is 51.7 Å². The molecule has 0 spiro atoms. The Kier molecular flexibility index (Phi) is 8.65. The zero-order valence-corrected chi connectivity index (χ0v) is 16.3. The highest BCUT2D eigenvalue weighted by atomic mass is 16.5. The molecular weight excluding hydrogens is 328 g/mol. The van der Waals surface area contributed by atoms with Crippen LogP contribution in [0.15, 0.2) is 30.3 Å². The number of hydrogen-bond donors (Lipinski definition) is 3. The zero-order chi connectivity index (χ0) is 19.7. The Hall–Kier alpha value is -2.53. The van der Waals surface area contributed by atoms with E-state index in [-0.39, 0.29) is 0 Å². The Labute approximate surface area is 156 Å². The first-order chi connectivity index (χ1) is 12.3. The van der Waals surface area contributed by atoms with Crippen LogP contribution >= 0.6 is 0 Å². The number of nitrogens with two attached hydrogens (primary N) is 1. The smallest absolute Gasteiger partial charge is 0.221 e. The molecule has 0 aliphatic rings. The Morgan fingerprint density at radius 1 is 1.19 bits per heavy atom. The lowest BCUT2D eigenvalue weighted by molar-refractivity contribution is -0.109. The highest BCUT2D eigenvalue weighted by molar-refractivity contribution is 5.46. The van der Waals surface area contributed by atoms with Gasteiger partial charge in [0.05, 0.1) is 6.61 Å². The van der Waals surface area contributed by atoms with Crippen LogP contribution in [0.5, 0.6) is 11.5 Å². The number of carbonyl (C=O) groups excluding carboxylic acids is 1. The highest BCUT2D eigenvalue weighted by Crippen LogP contribution is 2.29. The van der Waals surface area contributed by atoms with Crippen LogP contribution in [0.25, 0.3) is 0 Å². The fourth-order valence-corrected chi connectivity index (χ4v) is 2.86. The number of rotatable bonds is 6. The van der Waals surface area contributed by atoms with Crippen LogP contribution in [0.4, 0.5) is 0 Å². The van der Waals surface area contributed by atoms with Crippen molar-refractivity contribution in [1.82, 2.24) is 5.43 Å². The number of benzene rings is 2. The first kappa shape index (κ1) is 21.5. The monoisotopic (exact) mass is 358 g/mol. The summed E-state index contributed by atoms with van der Waals surface area (Å²) in [4.78, 5) is 8.94. The van der Waals surface area contributed by atoms with Crippen LogP contribution in [0.2, 0.25) is 0 Å². The maximum absolute atomic E-state index is 9.96. The normalized spacial score (nSPS) is 10.1. The lowest BCUT2D eigenvalue weighted by atomic mass is 9.93. The van der Waals surface area contributed by atoms with Crippen LogP contribution < -0.4 is 16.0 Å². The summed E-state index contributed by atoms with van der Waals surface area (Å²) in [5.74, 6) is 6.06. The number of nitrogens with one attached hydrogen (secondary N) is 1. The van der Waals surface area contributed by atoms with E-state index in [1.165, 1.54) is 22.3 Å². The number of aromatic hydroxyl groups is 1. The minimum atomic E-state index is 0.322. The highest BCUT2D eigenvalue weighted by Gasteiger charge is 2.10. The van der Waals surface area contributed by atoms with Gasteiger partial charge in [0.25, 0.3) is 0 Å². The van der Waals surface area contributed by atoms with E-state index in [1.807, 2.05) is 19.1 Å².